The Labute approximate surface area is 154 Å². The number of nitrogens with zero attached hydrogens (tertiary/aromatic N) is 3. The Bertz CT molecular complexity index is 800. The first-order valence-corrected chi connectivity index (χ1v) is 8.84. The molecule has 0 aliphatic heterocycles. The summed E-state index contributed by atoms with van der Waals surface area (Å²) in [7, 11) is 3.66. The van der Waals surface area contributed by atoms with Crippen LogP contribution in [-0.4, -0.2) is 36.1 Å². The molecule has 2 aromatic rings. The van der Waals surface area contributed by atoms with Crippen molar-refractivity contribution in [2.75, 3.05) is 20.6 Å². The first-order chi connectivity index (χ1) is 12.5. The van der Waals surface area contributed by atoms with Gasteiger partial charge in [-0.25, -0.2) is 4.39 Å². The summed E-state index contributed by atoms with van der Waals surface area (Å²) in [6, 6.07) is 11.9. The van der Waals surface area contributed by atoms with Gasteiger partial charge in [-0.15, -0.1) is 0 Å². The molecule has 0 spiro atoms. The monoisotopic (exact) mass is 358 g/mol. The van der Waals surface area contributed by atoms with E-state index in [-0.39, 0.29) is 11.4 Å². The molecule has 1 N–H and O–H groups in total. The molecule has 6 heteroatoms. The number of nitrogens with one attached hydrogen (secondary N) is 1. The number of hydrogen-bond donors (Lipinski definition) is 1. The second kappa shape index (κ2) is 9.75. The van der Waals surface area contributed by atoms with Gasteiger partial charge < -0.3 is 14.8 Å². The Hall–Kier alpha value is -2.63. The molecule has 1 aromatic carbocycles. The summed E-state index contributed by atoms with van der Waals surface area (Å²) in [6.45, 7) is 4.00. The van der Waals surface area contributed by atoms with Crippen LogP contribution in [0.1, 0.15) is 24.1 Å². The third-order valence-corrected chi connectivity index (χ3v) is 4.24. The lowest BCUT2D eigenvalue weighted by molar-refractivity contribution is 0.471. The topological polar surface area (TPSA) is 49.6 Å². The zero-order valence-electron chi connectivity index (χ0n) is 15.7. The van der Waals surface area contributed by atoms with E-state index in [2.05, 4.69) is 10.3 Å². The van der Waals surface area contributed by atoms with Crippen molar-refractivity contribution in [2.45, 2.75) is 32.9 Å². The number of pyridine rings is 1. The number of halogens is 1. The van der Waals surface area contributed by atoms with Crippen LogP contribution in [0.2, 0.25) is 0 Å². The molecule has 26 heavy (non-hydrogen) atoms. The predicted molar refractivity (Wildman–Crippen MR) is 104 cm³/mol. The van der Waals surface area contributed by atoms with E-state index in [0.29, 0.717) is 13.1 Å². The van der Waals surface area contributed by atoms with Crippen LogP contribution in [0, 0.1) is 12.7 Å². The molecule has 2 rings (SSSR count). The van der Waals surface area contributed by atoms with Crippen molar-refractivity contribution in [3.63, 3.8) is 0 Å². The zero-order valence-corrected chi connectivity index (χ0v) is 15.7. The van der Waals surface area contributed by atoms with Gasteiger partial charge in [-0.3, -0.25) is 9.79 Å². The third kappa shape index (κ3) is 5.72. The summed E-state index contributed by atoms with van der Waals surface area (Å²) in [5.41, 5.74) is 1.93. The van der Waals surface area contributed by atoms with E-state index in [1.165, 1.54) is 12.1 Å². The van der Waals surface area contributed by atoms with Crippen LogP contribution < -0.4 is 10.9 Å². The molecule has 0 bridgehead atoms. The number of rotatable bonds is 7. The second-order valence-electron chi connectivity index (χ2n) is 6.32. The Morgan fingerprint density at radius 2 is 2.00 bits per heavy atom. The van der Waals surface area contributed by atoms with Crippen molar-refractivity contribution in [3.8, 4) is 0 Å². The molecule has 0 fully saturated rings. The van der Waals surface area contributed by atoms with E-state index in [0.717, 1.165) is 36.6 Å². The Morgan fingerprint density at radius 1 is 1.23 bits per heavy atom. The molecule has 0 saturated heterocycles. The quantitative estimate of drug-likeness (QED) is 0.470. The number of aliphatic imine (C=N–C) groups is 1. The van der Waals surface area contributed by atoms with Crippen molar-refractivity contribution < 1.29 is 4.39 Å². The van der Waals surface area contributed by atoms with Crippen molar-refractivity contribution in [1.29, 1.82) is 0 Å². The molecular weight excluding hydrogens is 331 g/mol. The number of aromatic nitrogens is 1. The van der Waals surface area contributed by atoms with Gasteiger partial charge >= 0.3 is 0 Å². The number of hydrogen-bond acceptors (Lipinski definition) is 2. The van der Waals surface area contributed by atoms with E-state index in [4.69, 9.17) is 0 Å². The molecule has 1 aromatic heterocycles. The average molecular weight is 358 g/mol. The van der Waals surface area contributed by atoms with Gasteiger partial charge in [-0.1, -0.05) is 18.2 Å². The fraction of sp³-hybridized carbons (Fsp3) is 0.400. The van der Waals surface area contributed by atoms with Gasteiger partial charge in [0.25, 0.3) is 5.56 Å². The average Bonchev–Trinajstić information content (AvgIpc) is 2.60. The molecular formula is C20H27FN4O. The highest BCUT2D eigenvalue weighted by Gasteiger charge is 2.07. The first-order valence-electron chi connectivity index (χ1n) is 8.84. The minimum atomic E-state index is -0.231. The van der Waals surface area contributed by atoms with Gasteiger partial charge in [0, 0.05) is 45.5 Å². The Kier molecular flexibility index (Phi) is 7.38. The standard InChI is InChI=1S/C20H27FN4O/c1-16-8-6-11-19(26)25(16)13-5-4-12-23-20(22-2)24(3)15-17-9-7-10-18(21)14-17/h6-11,14H,4-5,12-13,15H2,1-3H3,(H,22,23). The smallest absolute Gasteiger partial charge is 0.250 e. The van der Waals surface area contributed by atoms with Crippen LogP contribution in [0.4, 0.5) is 4.39 Å². The number of guanidine groups is 1. The van der Waals surface area contributed by atoms with E-state index in [1.807, 2.05) is 31.0 Å². The largest absolute Gasteiger partial charge is 0.356 e. The maximum Gasteiger partial charge on any atom is 0.250 e. The Balaban J connectivity index is 1.77. The van der Waals surface area contributed by atoms with Gasteiger partial charge in [0.1, 0.15) is 5.82 Å². The summed E-state index contributed by atoms with van der Waals surface area (Å²) in [6.07, 6.45) is 1.83. The maximum absolute atomic E-state index is 13.3. The highest BCUT2D eigenvalue weighted by molar-refractivity contribution is 5.79. The van der Waals surface area contributed by atoms with E-state index in [1.54, 1.807) is 29.8 Å². The van der Waals surface area contributed by atoms with Gasteiger partial charge in [-0.2, -0.15) is 0 Å². The molecule has 0 aliphatic carbocycles. The van der Waals surface area contributed by atoms with Crippen molar-refractivity contribution in [2.24, 2.45) is 4.99 Å². The van der Waals surface area contributed by atoms with Crippen LogP contribution in [0.25, 0.3) is 0 Å². The summed E-state index contributed by atoms with van der Waals surface area (Å²) in [5, 5.41) is 3.31. The van der Waals surface area contributed by atoms with Gasteiger partial charge in [0.2, 0.25) is 0 Å². The molecule has 0 amide bonds. The Morgan fingerprint density at radius 3 is 2.69 bits per heavy atom. The van der Waals surface area contributed by atoms with Crippen molar-refractivity contribution in [1.82, 2.24) is 14.8 Å². The minimum Gasteiger partial charge on any atom is -0.356 e. The fourth-order valence-electron chi connectivity index (χ4n) is 2.87. The van der Waals surface area contributed by atoms with Crippen LogP contribution in [0.15, 0.2) is 52.3 Å². The van der Waals surface area contributed by atoms with E-state index in [9.17, 15) is 9.18 Å². The molecule has 1 heterocycles. The van der Waals surface area contributed by atoms with Crippen molar-refractivity contribution in [3.05, 3.63) is 69.9 Å². The highest BCUT2D eigenvalue weighted by Crippen LogP contribution is 2.06. The SMILES string of the molecule is CN=C(NCCCCn1c(C)cccc1=O)N(C)Cc1cccc(F)c1. The van der Waals surface area contributed by atoms with Gasteiger partial charge in [0.05, 0.1) is 0 Å². The lowest BCUT2D eigenvalue weighted by atomic mass is 10.2. The predicted octanol–water partition coefficient (Wildman–Crippen LogP) is 2.78. The lowest BCUT2D eigenvalue weighted by Gasteiger charge is -2.22. The molecule has 5 nitrogen and oxygen atoms in total. The van der Waals surface area contributed by atoms with E-state index >= 15 is 0 Å². The summed E-state index contributed by atoms with van der Waals surface area (Å²) < 4.78 is 15.1. The molecule has 0 aliphatic rings. The molecule has 0 radical (unpaired) electrons. The highest BCUT2D eigenvalue weighted by atomic mass is 19.1. The van der Waals surface area contributed by atoms with Crippen LogP contribution in [-0.2, 0) is 13.1 Å². The molecule has 0 saturated carbocycles. The number of unbranched alkanes of at least 4 members (excludes halogenated alkanes) is 1. The van der Waals surface area contributed by atoms with Crippen molar-refractivity contribution >= 4 is 5.96 Å². The summed E-state index contributed by atoms with van der Waals surface area (Å²) >= 11 is 0. The normalized spacial score (nSPS) is 11.5. The molecule has 140 valence electrons. The van der Waals surface area contributed by atoms with Gasteiger partial charge in [0.15, 0.2) is 5.96 Å². The van der Waals surface area contributed by atoms with E-state index < -0.39 is 0 Å². The first kappa shape index (κ1) is 19.7. The maximum atomic E-state index is 13.3. The van der Waals surface area contributed by atoms with Crippen LogP contribution in [0.3, 0.4) is 0 Å². The van der Waals surface area contributed by atoms with Gasteiger partial charge in [-0.05, 0) is 43.5 Å². The fourth-order valence-corrected chi connectivity index (χ4v) is 2.87. The molecule has 0 atom stereocenters. The second-order valence-corrected chi connectivity index (χ2v) is 6.32. The summed E-state index contributed by atoms with van der Waals surface area (Å²) in [5.74, 6) is 0.535. The molecule has 0 unspecified atom stereocenters. The number of aryl methyl sites for hydroxylation is 1. The third-order valence-electron chi connectivity index (χ3n) is 4.24. The summed E-state index contributed by atoms with van der Waals surface area (Å²) in [4.78, 5) is 18.1. The minimum absolute atomic E-state index is 0.0450. The van der Waals surface area contributed by atoms with Crippen LogP contribution in [0.5, 0.6) is 0 Å². The number of benzene rings is 1. The lowest BCUT2D eigenvalue weighted by Crippen LogP contribution is -2.39. The zero-order chi connectivity index (χ0) is 18.9. The van der Waals surface area contributed by atoms with Crippen LogP contribution >= 0.6 is 0 Å².